The molecule has 0 amide bonds. The number of aliphatic hydroxyl groups excluding tert-OH is 2. The molecule has 2 aromatic carbocycles. The first-order chi connectivity index (χ1) is 15.1. The molecule has 2 aromatic rings. The maximum absolute atomic E-state index is 13.9. The van der Waals surface area contributed by atoms with Crippen LogP contribution < -0.4 is 44.1 Å². The van der Waals surface area contributed by atoms with E-state index in [0.29, 0.717) is 17.1 Å². The summed E-state index contributed by atoms with van der Waals surface area (Å²) in [6.45, 7) is 7.91. The van der Waals surface area contributed by atoms with Crippen LogP contribution in [0.15, 0.2) is 24.3 Å². The van der Waals surface area contributed by atoms with Crippen molar-refractivity contribution in [1.82, 2.24) is 0 Å². The molecule has 4 rings (SSSR count). The molecule has 0 saturated carbocycles. The molecule has 172 valence electrons. The van der Waals surface area contributed by atoms with E-state index in [9.17, 15) is 24.5 Å². The van der Waals surface area contributed by atoms with Gasteiger partial charge in [-0.1, -0.05) is 26.0 Å². The number of carboxylic acid groups (broad SMARTS) is 1. The maximum Gasteiger partial charge on any atom is 1.00 e. The van der Waals surface area contributed by atoms with Crippen molar-refractivity contribution in [2.24, 2.45) is 0 Å². The number of hydrogen-bond donors (Lipinski definition) is 2. The number of hydrogen-bond acceptors (Lipinski definition) is 6. The molecule has 2 bridgehead atoms. The Bertz CT molecular complexity index is 1050. The number of halogens is 1. The van der Waals surface area contributed by atoms with Gasteiger partial charge in [0.25, 0.3) is 0 Å². The van der Waals surface area contributed by atoms with Gasteiger partial charge in [0.05, 0.1) is 12.2 Å². The van der Waals surface area contributed by atoms with Crippen LogP contribution in [0.2, 0.25) is 0 Å². The zero-order valence-corrected chi connectivity index (χ0v) is 21.6. The molecular weight excluding hydrogens is 438 g/mol. The van der Waals surface area contributed by atoms with Crippen molar-refractivity contribution >= 4 is 12.0 Å². The topological polar surface area (TPSA) is 99.1 Å². The van der Waals surface area contributed by atoms with E-state index >= 15 is 0 Å². The monoisotopic (exact) mass is 466 g/mol. The Balaban J connectivity index is 0.00000385. The van der Waals surface area contributed by atoms with Crippen LogP contribution >= 0.6 is 0 Å². The Morgan fingerprint density at radius 1 is 1.21 bits per heavy atom. The van der Waals surface area contributed by atoms with Crippen LogP contribution in [0.25, 0.3) is 17.2 Å². The molecule has 0 fully saturated rings. The van der Waals surface area contributed by atoms with Gasteiger partial charge in [-0.25, -0.2) is 4.39 Å². The zero-order valence-electron chi connectivity index (χ0n) is 19.6. The zero-order chi connectivity index (χ0) is 23.6. The second-order valence-electron chi connectivity index (χ2n) is 8.38. The minimum atomic E-state index is -1.38. The Morgan fingerprint density at radius 2 is 1.91 bits per heavy atom. The second-order valence-corrected chi connectivity index (χ2v) is 8.38. The van der Waals surface area contributed by atoms with Crippen LogP contribution in [0.4, 0.5) is 4.39 Å². The van der Waals surface area contributed by atoms with Crippen molar-refractivity contribution in [3.8, 4) is 22.6 Å². The summed E-state index contributed by atoms with van der Waals surface area (Å²) < 4.78 is 25.7. The molecule has 2 unspecified atom stereocenters. The SMILES string of the molecule is Cc1c(C)c2c(/C=C/C(O)CC(O)CC(=O)[O-])c(C(C)C)c1OCOc1cc(F)ccc1-2.[Na+]. The summed E-state index contributed by atoms with van der Waals surface area (Å²) in [7, 11) is 0. The fourth-order valence-electron chi connectivity index (χ4n) is 4.11. The first-order valence-corrected chi connectivity index (χ1v) is 10.6. The van der Waals surface area contributed by atoms with Crippen LogP contribution in [0.1, 0.15) is 54.9 Å². The van der Waals surface area contributed by atoms with E-state index in [-0.39, 0.29) is 48.7 Å². The Morgan fingerprint density at radius 3 is 2.55 bits per heavy atom. The molecule has 0 radical (unpaired) electrons. The van der Waals surface area contributed by atoms with Crippen molar-refractivity contribution in [3.05, 3.63) is 52.3 Å². The average Bonchev–Trinajstić information content (AvgIpc) is 2.78. The van der Waals surface area contributed by atoms with E-state index in [1.165, 1.54) is 18.2 Å². The van der Waals surface area contributed by atoms with E-state index in [2.05, 4.69) is 0 Å². The van der Waals surface area contributed by atoms with Crippen LogP contribution in [0.5, 0.6) is 11.5 Å². The van der Waals surface area contributed by atoms with Gasteiger partial charge in [0, 0.05) is 36.0 Å². The summed E-state index contributed by atoms with van der Waals surface area (Å²) >= 11 is 0. The summed E-state index contributed by atoms with van der Waals surface area (Å²) in [5.41, 5.74) is 5.15. The fraction of sp³-hybridized carbons (Fsp3) is 0.400. The molecule has 2 heterocycles. The summed E-state index contributed by atoms with van der Waals surface area (Å²) in [4.78, 5) is 10.7. The molecule has 2 aliphatic heterocycles. The summed E-state index contributed by atoms with van der Waals surface area (Å²) in [5.74, 6) is -0.705. The van der Waals surface area contributed by atoms with Gasteiger partial charge in [-0.2, -0.15) is 0 Å². The van der Waals surface area contributed by atoms with Crippen molar-refractivity contribution in [2.45, 2.75) is 58.7 Å². The van der Waals surface area contributed by atoms with Gasteiger partial charge in [-0.05, 0) is 54.2 Å². The predicted molar refractivity (Wildman–Crippen MR) is 117 cm³/mol. The van der Waals surface area contributed by atoms with Gasteiger partial charge >= 0.3 is 29.6 Å². The van der Waals surface area contributed by atoms with E-state index < -0.39 is 30.4 Å². The number of aliphatic hydroxyl groups is 2. The number of ether oxygens (including phenoxy) is 2. The van der Waals surface area contributed by atoms with E-state index in [0.717, 1.165) is 27.8 Å². The molecule has 8 heteroatoms. The van der Waals surface area contributed by atoms with Crippen LogP contribution in [0, 0.1) is 19.7 Å². The first-order valence-electron chi connectivity index (χ1n) is 10.6. The van der Waals surface area contributed by atoms with Gasteiger partial charge < -0.3 is 29.6 Å². The van der Waals surface area contributed by atoms with Gasteiger partial charge in [-0.3, -0.25) is 0 Å². The van der Waals surface area contributed by atoms with Gasteiger partial charge in [-0.15, -0.1) is 0 Å². The summed E-state index contributed by atoms with van der Waals surface area (Å²) in [5, 5.41) is 30.9. The number of aliphatic carboxylic acids is 1. The van der Waals surface area contributed by atoms with E-state index in [4.69, 9.17) is 9.47 Å². The summed E-state index contributed by atoms with van der Waals surface area (Å²) in [6.07, 6.45) is 0.280. The number of carbonyl (C=O) groups excluding carboxylic acids is 1. The maximum atomic E-state index is 13.9. The van der Waals surface area contributed by atoms with Crippen molar-refractivity contribution in [2.75, 3.05) is 6.79 Å². The molecule has 0 saturated heterocycles. The quantitative estimate of drug-likeness (QED) is 0.567. The largest absolute Gasteiger partial charge is 1.00 e. The molecule has 6 nitrogen and oxygen atoms in total. The number of carbonyl (C=O) groups is 1. The molecule has 2 atom stereocenters. The van der Waals surface area contributed by atoms with Crippen molar-refractivity contribution < 1.29 is 63.5 Å². The first kappa shape index (κ1) is 27.3. The minimum Gasteiger partial charge on any atom is -0.550 e. The third-order valence-corrected chi connectivity index (χ3v) is 5.69. The normalized spacial score (nSPS) is 14.4. The van der Waals surface area contributed by atoms with E-state index in [1.54, 1.807) is 12.1 Å². The fourth-order valence-corrected chi connectivity index (χ4v) is 4.11. The minimum absolute atomic E-state index is 0. The number of carboxylic acids is 1. The average molecular weight is 466 g/mol. The van der Waals surface area contributed by atoms with Gasteiger partial charge in [0.15, 0.2) is 0 Å². The molecule has 0 spiro atoms. The number of benzene rings is 2. The van der Waals surface area contributed by atoms with Crippen LogP contribution in [-0.2, 0) is 4.79 Å². The Kier molecular flexibility index (Phi) is 9.52. The molecule has 0 aromatic heterocycles. The Hall–Kier alpha value is -1.90. The number of fused-ring (bicyclic) bond motifs is 4. The van der Waals surface area contributed by atoms with Crippen LogP contribution in [0.3, 0.4) is 0 Å². The smallest absolute Gasteiger partial charge is 0.550 e. The molecule has 0 aliphatic carbocycles. The van der Waals surface area contributed by atoms with E-state index in [1.807, 2.05) is 27.7 Å². The molecule has 33 heavy (non-hydrogen) atoms. The standard InChI is InChI=1S/C25H29FO6.Na/c1-13(2)23-20(8-6-17(27)10-18(28)11-22(29)30)24-14(3)15(4)25(23)32-12-31-21-9-16(26)5-7-19(21)24;/h5-9,13,17-18,27-28H,10-12H2,1-4H3,(H,29,30);/q;+1/p-1/b8-6+;. The van der Waals surface area contributed by atoms with Crippen molar-refractivity contribution in [1.29, 1.82) is 0 Å². The van der Waals surface area contributed by atoms with Crippen LogP contribution in [-0.4, -0.2) is 35.2 Å². The Labute approximate surface area is 215 Å². The molecule has 2 N–H and O–H groups in total. The third kappa shape index (κ3) is 6.16. The van der Waals surface area contributed by atoms with Gasteiger partial charge in [0.1, 0.15) is 17.3 Å². The summed E-state index contributed by atoms with van der Waals surface area (Å²) in [6, 6.07) is 4.36. The van der Waals surface area contributed by atoms with Gasteiger partial charge in [0.2, 0.25) is 6.79 Å². The predicted octanol–water partition coefficient (Wildman–Crippen LogP) is 0.231. The van der Waals surface area contributed by atoms with Crippen molar-refractivity contribution in [3.63, 3.8) is 0 Å². The molecular formula is C25H28FNaO6. The second kappa shape index (κ2) is 11.5. The third-order valence-electron chi connectivity index (χ3n) is 5.69. The number of rotatable bonds is 7. The molecule has 2 aliphatic rings.